The zero-order valence-electron chi connectivity index (χ0n) is 36.0. The Labute approximate surface area is 359 Å². The second-order valence-corrected chi connectivity index (χ2v) is 17.4. The molecule has 4 fully saturated rings. The fourth-order valence-corrected chi connectivity index (χ4v) is 8.27. The van der Waals surface area contributed by atoms with Gasteiger partial charge in [-0.15, -0.1) is 0 Å². The largest absolute Gasteiger partial charge is 0.374 e. The van der Waals surface area contributed by atoms with Gasteiger partial charge in [-0.25, -0.2) is 0 Å². The van der Waals surface area contributed by atoms with Crippen molar-refractivity contribution in [1.29, 1.82) is 0 Å². The van der Waals surface area contributed by atoms with Gasteiger partial charge in [-0.2, -0.15) is 0 Å². The summed E-state index contributed by atoms with van der Waals surface area (Å²) in [5, 5.41) is 0. The highest BCUT2D eigenvalue weighted by atomic mass is 16.9. The van der Waals surface area contributed by atoms with E-state index >= 15 is 0 Å². The Bertz CT molecular complexity index is 1930. The van der Waals surface area contributed by atoms with Crippen LogP contribution in [0, 0.1) is 0 Å². The second kappa shape index (κ2) is 19.4. The summed E-state index contributed by atoms with van der Waals surface area (Å²) in [4.78, 5) is 0. The maximum atomic E-state index is 6.94. The Morgan fingerprint density at radius 3 is 1.49 bits per heavy atom. The van der Waals surface area contributed by atoms with Gasteiger partial charge >= 0.3 is 0 Å². The fourth-order valence-electron chi connectivity index (χ4n) is 8.27. The summed E-state index contributed by atoms with van der Waals surface area (Å²) < 4.78 is 78.9. The number of benzene rings is 4. The van der Waals surface area contributed by atoms with Crippen LogP contribution in [0.25, 0.3) is 0 Å². The van der Waals surface area contributed by atoms with Gasteiger partial charge in [0.1, 0.15) is 48.8 Å². The van der Waals surface area contributed by atoms with E-state index in [0.29, 0.717) is 19.8 Å². The molecule has 0 aromatic heterocycles. The van der Waals surface area contributed by atoms with Gasteiger partial charge in [-0.1, -0.05) is 121 Å². The summed E-state index contributed by atoms with van der Waals surface area (Å²) in [6, 6.07) is 40.1. The van der Waals surface area contributed by atoms with Gasteiger partial charge in [0, 0.05) is 0 Å². The molecule has 0 aliphatic carbocycles. The summed E-state index contributed by atoms with van der Waals surface area (Å²) in [5.41, 5.74) is 4.04. The highest BCUT2D eigenvalue weighted by Crippen LogP contribution is 2.44. The Balaban J connectivity index is 1.06. The minimum atomic E-state index is -1.23. The van der Waals surface area contributed by atoms with E-state index in [2.05, 4.69) is 0 Å². The number of hydrogen-bond donors (Lipinski definition) is 0. The van der Waals surface area contributed by atoms with E-state index < -0.39 is 78.8 Å². The Morgan fingerprint density at radius 1 is 0.475 bits per heavy atom. The molecular weight excluding hydrogens is 781 g/mol. The normalized spacial score (nSPS) is 30.5. The van der Waals surface area contributed by atoms with Crippen LogP contribution in [0.5, 0.6) is 0 Å². The Hall–Kier alpha value is -3.60. The molecule has 10 atom stereocenters. The van der Waals surface area contributed by atoms with Crippen molar-refractivity contribution in [3.05, 3.63) is 144 Å². The van der Waals surface area contributed by atoms with Crippen LogP contribution in [0.2, 0.25) is 0 Å². The van der Waals surface area contributed by atoms with E-state index in [1.54, 1.807) is 0 Å². The molecule has 0 N–H and O–H groups in total. The third-order valence-electron chi connectivity index (χ3n) is 11.1. The minimum Gasteiger partial charge on any atom is -0.374 e. The van der Waals surface area contributed by atoms with Gasteiger partial charge in [0.15, 0.2) is 29.9 Å². The smallest absolute Gasteiger partial charge is 0.190 e. The van der Waals surface area contributed by atoms with Crippen LogP contribution < -0.4 is 0 Å². The van der Waals surface area contributed by atoms with Gasteiger partial charge in [0.05, 0.1) is 39.6 Å². The number of ether oxygens (including phenoxy) is 12. The molecule has 328 valence electrons. The molecule has 0 saturated carbocycles. The summed E-state index contributed by atoms with van der Waals surface area (Å²) in [6.07, 6.45) is -6.22. The van der Waals surface area contributed by atoms with Crippen LogP contribution in [0.15, 0.2) is 121 Å². The molecule has 4 aromatic rings. The summed E-state index contributed by atoms with van der Waals surface area (Å²) >= 11 is 0. The van der Waals surface area contributed by atoms with Crippen molar-refractivity contribution < 1.29 is 56.8 Å². The molecule has 4 aliphatic rings. The topological polar surface area (TPSA) is 111 Å². The van der Waals surface area contributed by atoms with Crippen LogP contribution >= 0.6 is 0 Å². The van der Waals surface area contributed by atoms with Crippen LogP contribution in [0.3, 0.4) is 0 Å². The molecule has 0 amide bonds. The molecular formula is C49H60O12. The van der Waals surface area contributed by atoms with E-state index in [0.717, 1.165) is 22.3 Å². The summed E-state index contributed by atoms with van der Waals surface area (Å²) in [6.45, 7) is 12.8. The van der Waals surface area contributed by atoms with Crippen molar-refractivity contribution in [2.24, 2.45) is 0 Å². The monoisotopic (exact) mass is 840 g/mol. The molecule has 0 bridgehead atoms. The van der Waals surface area contributed by atoms with Crippen LogP contribution in [0.1, 0.15) is 63.8 Å². The molecule has 0 radical (unpaired) electrons. The lowest BCUT2D eigenvalue weighted by Gasteiger charge is -2.47. The minimum absolute atomic E-state index is 0.100. The standard InChI is InChI=1S/C49H60O12/c1-47(2,54-32-38-40-42(58-48(3,4)57-40)44-46(56-38)61-49(5,6)59-44)60-45-43(53-30-36-25-17-10-18-26-36)41(52-29-35-23-15-9-16-24-35)39(51-28-34-21-13-8-14-22-34)37(55-45)31-50-27-33-19-11-7-12-20-33/h7-26,37-46H,27-32H2,1-6H3/t37-,38-,39-,40+,41+,42+,43-,44-,45-,46-/m1/s1. The molecule has 8 rings (SSSR count). The molecule has 4 aromatic carbocycles. The fraction of sp³-hybridized carbons (Fsp3) is 0.510. The zero-order chi connectivity index (χ0) is 42.5. The van der Waals surface area contributed by atoms with Crippen molar-refractivity contribution in [1.82, 2.24) is 0 Å². The number of hydrogen-bond acceptors (Lipinski definition) is 12. The summed E-state index contributed by atoms with van der Waals surface area (Å²) in [5.74, 6) is -2.92. The molecule has 0 unspecified atom stereocenters. The van der Waals surface area contributed by atoms with Gasteiger partial charge in [-0.3, -0.25) is 0 Å². The Morgan fingerprint density at radius 2 is 0.934 bits per heavy atom. The Kier molecular flexibility index (Phi) is 14.0. The highest BCUT2D eigenvalue weighted by molar-refractivity contribution is 5.16. The lowest BCUT2D eigenvalue weighted by Crippen LogP contribution is -2.63. The third kappa shape index (κ3) is 11.5. The van der Waals surface area contributed by atoms with Crippen molar-refractivity contribution in [3.8, 4) is 0 Å². The number of rotatable bonds is 18. The highest BCUT2D eigenvalue weighted by Gasteiger charge is 2.61. The lowest BCUT2D eigenvalue weighted by atomic mass is 9.97. The first-order valence-corrected chi connectivity index (χ1v) is 21.3. The van der Waals surface area contributed by atoms with Gasteiger partial charge in [-0.05, 0) is 63.8 Å². The van der Waals surface area contributed by atoms with Crippen molar-refractivity contribution in [3.63, 3.8) is 0 Å². The summed E-state index contributed by atoms with van der Waals surface area (Å²) in [7, 11) is 0. The molecule has 4 heterocycles. The third-order valence-corrected chi connectivity index (χ3v) is 11.1. The zero-order valence-corrected chi connectivity index (χ0v) is 36.0. The van der Waals surface area contributed by atoms with Gasteiger partial charge < -0.3 is 56.8 Å². The predicted octanol–water partition coefficient (Wildman–Crippen LogP) is 7.85. The van der Waals surface area contributed by atoms with E-state index in [1.165, 1.54) is 0 Å². The van der Waals surface area contributed by atoms with E-state index in [9.17, 15) is 0 Å². The van der Waals surface area contributed by atoms with Crippen molar-refractivity contribution in [2.45, 2.75) is 147 Å². The number of fused-ring (bicyclic) bond motifs is 3. The molecule has 61 heavy (non-hydrogen) atoms. The average molecular weight is 841 g/mol. The molecule has 4 saturated heterocycles. The van der Waals surface area contributed by atoms with Crippen molar-refractivity contribution in [2.75, 3.05) is 13.2 Å². The van der Waals surface area contributed by atoms with Gasteiger partial charge in [0.2, 0.25) is 0 Å². The average Bonchev–Trinajstić information content (AvgIpc) is 3.76. The van der Waals surface area contributed by atoms with Crippen molar-refractivity contribution >= 4 is 0 Å². The van der Waals surface area contributed by atoms with E-state index in [1.807, 2.05) is 163 Å². The quantitative estimate of drug-likeness (QED) is 0.0911. The maximum Gasteiger partial charge on any atom is 0.190 e. The molecule has 4 aliphatic heterocycles. The van der Waals surface area contributed by atoms with E-state index in [4.69, 9.17) is 56.8 Å². The predicted molar refractivity (Wildman–Crippen MR) is 223 cm³/mol. The first kappa shape index (κ1) is 44.0. The van der Waals surface area contributed by atoms with Crippen LogP contribution in [-0.2, 0) is 83.3 Å². The molecule has 0 spiro atoms. The molecule has 12 nitrogen and oxygen atoms in total. The lowest BCUT2D eigenvalue weighted by molar-refractivity contribution is -0.379. The first-order chi connectivity index (χ1) is 29.4. The van der Waals surface area contributed by atoms with Gasteiger partial charge in [0.25, 0.3) is 0 Å². The van der Waals surface area contributed by atoms with E-state index in [-0.39, 0.29) is 19.8 Å². The SMILES string of the molecule is CC(C)(OC[C@H]1O[C@@H]2OC(C)(C)O[C@@H]2[C@H]2OC(C)(C)O[C@H]21)O[C@H]1O[C@H](COCc2ccccc2)[C@@H](OCc2ccccc2)[C@H](OCc2ccccc2)[C@H]1OCc1ccccc1. The molecule has 12 heteroatoms. The van der Waals surface area contributed by atoms with Crippen LogP contribution in [-0.4, -0.2) is 92.0 Å². The second-order valence-electron chi connectivity index (χ2n) is 17.4. The first-order valence-electron chi connectivity index (χ1n) is 21.3. The van der Waals surface area contributed by atoms with Crippen LogP contribution in [0.4, 0.5) is 0 Å². The maximum absolute atomic E-state index is 6.94.